The summed E-state index contributed by atoms with van der Waals surface area (Å²) in [7, 11) is 2.01. The molecule has 1 aliphatic carbocycles. The number of nitrogens with zero attached hydrogens (tertiary/aromatic N) is 2. The van der Waals surface area contributed by atoms with Gasteiger partial charge in [-0.1, -0.05) is 32.9 Å². The highest BCUT2D eigenvalue weighted by Gasteiger charge is 2.36. The van der Waals surface area contributed by atoms with Gasteiger partial charge < -0.3 is 28.8 Å². The molecule has 33 heavy (non-hydrogen) atoms. The number of carboxylic acid groups (broad SMARTS) is 1. The van der Waals surface area contributed by atoms with Crippen molar-refractivity contribution in [2.24, 2.45) is 5.41 Å². The number of rotatable bonds is 4. The molecule has 8 nitrogen and oxygen atoms in total. The topological polar surface area (TPSA) is 90.2 Å². The molecule has 2 unspecified atom stereocenters. The first-order valence-electron chi connectivity index (χ1n) is 11.3. The minimum Gasteiger partial charge on any atom is -0.495 e. The Labute approximate surface area is 193 Å². The van der Waals surface area contributed by atoms with Crippen LogP contribution in [0.2, 0.25) is 0 Å². The van der Waals surface area contributed by atoms with Crippen LogP contribution in [0.15, 0.2) is 46.6 Å². The van der Waals surface area contributed by atoms with Gasteiger partial charge in [0.25, 0.3) is 0 Å². The van der Waals surface area contributed by atoms with E-state index in [9.17, 15) is 14.7 Å². The minimum absolute atomic E-state index is 0.00262. The maximum atomic E-state index is 12.7. The molecule has 0 bridgehead atoms. The molecular weight excluding hydrogens is 424 g/mol. The molecule has 0 saturated carbocycles. The molecule has 1 aromatic rings. The number of carboxylic acids is 1. The minimum atomic E-state index is -1.21. The van der Waals surface area contributed by atoms with Crippen LogP contribution >= 0.6 is 0 Å². The summed E-state index contributed by atoms with van der Waals surface area (Å²) >= 11 is 0. The van der Waals surface area contributed by atoms with Gasteiger partial charge in [0.05, 0.1) is 37.3 Å². The number of allylic oxidation sites excluding steroid dienone is 4. The Hall–Kier alpha value is -2.84. The van der Waals surface area contributed by atoms with E-state index in [1.807, 2.05) is 29.8 Å². The second-order valence-corrected chi connectivity index (χ2v) is 9.83. The second-order valence-electron chi connectivity index (χ2n) is 9.83. The quantitative estimate of drug-likeness (QED) is 0.745. The highest BCUT2D eigenvalue weighted by atomic mass is 16.6. The zero-order valence-corrected chi connectivity index (χ0v) is 19.7. The third kappa shape index (κ3) is 4.91. The Morgan fingerprint density at radius 1 is 1.30 bits per heavy atom. The van der Waals surface area contributed by atoms with Crippen LogP contribution in [0.5, 0.6) is 0 Å². The third-order valence-electron chi connectivity index (χ3n) is 6.30. The van der Waals surface area contributed by atoms with Crippen LogP contribution in [0.25, 0.3) is 5.70 Å². The standard InChI is InChI=1S/C25H32N2O6/c1-25(2,3)22-13-26(4)23(20-11-21(28)19(24(29)30)12-27(20)22)16-6-5-7-17(10-16)33-15-18-14-31-8-9-32-18/h5-7,11-12,18,22H,8-10,13-15H2,1-4H3,(H,29,30)/b23-16-. The number of aromatic nitrogens is 1. The average molecular weight is 457 g/mol. The fraction of sp³-hybridized carbons (Fsp3) is 0.520. The van der Waals surface area contributed by atoms with Crippen molar-refractivity contribution in [1.29, 1.82) is 0 Å². The Bertz CT molecular complexity index is 1070. The number of hydrogen-bond acceptors (Lipinski definition) is 6. The fourth-order valence-corrected chi connectivity index (χ4v) is 4.56. The zero-order valence-electron chi connectivity index (χ0n) is 19.7. The first kappa shape index (κ1) is 23.3. The van der Waals surface area contributed by atoms with Gasteiger partial charge in [-0.3, -0.25) is 4.79 Å². The molecule has 0 aromatic carbocycles. The van der Waals surface area contributed by atoms with Crippen molar-refractivity contribution in [3.05, 3.63) is 63.3 Å². The molecule has 0 spiro atoms. The predicted octanol–water partition coefficient (Wildman–Crippen LogP) is 3.07. The molecule has 178 valence electrons. The first-order valence-corrected chi connectivity index (χ1v) is 11.3. The summed E-state index contributed by atoms with van der Waals surface area (Å²) in [6, 6.07) is 1.46. The SMILES string of the molecule is CN1CC(C(C)(C)C)n2cc(C(=O)O)c(=O)cc2/C1=C1\C=CC=C(OCC2COCCO2)C1. The van der Waals surface area contributed by atoms with Crippen LogP contribution in [-0.4, -0.2) is 66.7 Å². The molecule has 0 radical (unpaired) electrons. The van der Waals surface area contributed by atoms with Gasteiger partial charge in [0.15, 0.2) is 5.43 Å². The molecule has 1 fully saturated rings. The normalized spacial score (nSPS) is 25.5. The van der Waals surface area contributed by atoms with Crippen molar-refractivity contribution >= 4 is 11.7 Å². The Kier molecular flexibility index (Phi) is 6.50. The van der Waals surface area contributed by atoms with Gasteiger partial charge in [0.2, 0.25) is 0 Å². The molecule has 8 heteroatoms. The number of ether oxygens (including phenoxy) is 3. The van der Waals surface area contributed by atoms with E-state index in [-0.39, 0.29) is 23.1 Å². The first-order chi connectivity index (χ1) is 15.6. The maximum Gasteiger partial charge on any atom is 0.341 e. The van der Waals surface area contributed by atoms with E-state index in [4.69, 9.17) is 14.2 Å². The summed E-state index contributed by atoms with van der Waals surface area (Å²) < 4.78 is 19.1. The van der Waals surface area contributed by atoms with E-state index in [0.29, 0.717) is 39.4 Å². The summed E-state index contributed by atoms with van der Waals surface area (Å²) in [5.74, 6) is -0.391. The Morgan fingerprint density at radius 3 is 2.76 bits per heavy atom. The average Bonchev–Trinajstić information content (AvgIpc) is 2.77. The van der Waals surface area contributed by atoms with Crippen molar-refractivity contribution in [3.63, 3.8) is 0 Å². The van der Waals surface area contributed by atoms with E-state index in [2.05, 4.69) is 25.7 Å². The van der Waals surface area contributed by atoms with E-state index in [0.717, 1.165) is 22.7 Å². The molecule has 3 aliphatic rings. The van der Waals surface area contributed by atoms with Crippen molar-refractivity contribution in [1.82, 2.24) is 9.47 Å². The van der Waals surface area contributed by atoms with E-state index < -0.39 is 11.4 Å². The van der Waals surface area contributed by atoms with Crippen molar-refractivity contribution in [2.45, 2.75) is 39.3 Å². The summed E-state index contributed by atoms with van der Waals surface area (Å²) in [5, 5.41) is 9.53. The van der Waals surface area contributed by atoms with Crippen molar-refractivity contribution < 1.29 is 24.1 Å². The molecule has 1 saturated heterocycles. The molecule has 1 N–H and O–H groups in total. The maximum absolute atomic E-state index is 12.7. The zero-order chi connectivity index (χ0) is 23.8. The monoisotopic (exact) mass is 456 g/mol. The number of carbonyl (C=O) groups is 1. The molecular formula is C25H32N2O6. The second kappa shape index (κ2) is 9.19. The Morgan fingerprint density at radius 2 is 2.09 bits per heavy atom. The van der Waals surface area contributed by atoms with Gasteiger partial charge in [0.1, 0.15) is 24.0 Å². The predicted molar refractivity (Wildman–Crippen MR) is 124 cm³/mol. The highest BCUT2D eigenvalue weighted by molar-refractivity contribution is 5.87. The lowest BCUT2D eigenvalue weighted by atomic mass is 9.83. The summed E-state index contributed by atoms with van der Waals surface area (Å²) in [5.41, 5.74) is 1.81. The van der Waals surface area contributed by atoms with Crippen LogP contribution in [0, 0.1) is 5.41 Å². The molecule has 0 amide bonds. The van der Waals surface area contributed by atoms with Crippen LogP contribution in [0.1, 0.15) is 49.3 Å². The summed E-state index contributed by atoms with van der Waals surface area (Å²) in [4.78, 5) is 26.5. The van der Waals surface area contributed by atoms with Crippen LogP contribution in [0.4, 0.5) is 0 Å². The van der Waals surface area contributed by atoms with Gasteiger partial charge in [-0.05, 0) is 17.1 Å². The van der Waals surface area contributed by atoms with Crippen molar-refractivity contribution in [2.75, 3.05) is 40.0 Å². The summed E-state index contributed by atoms with van der Waals surface area (Å²) in [6.07, 6.45) is 7.89. The lowest BCUT2D eigenvalue weighted by molar-refractivity contribution is -0.108. The smallest absolute Gasteiger partial charge is 0.341 e. The van der Waals surface area contributed by atoms with E-state index in [1.54, 1.807) is 0 Å². The third-order valence-corrected chi connectivity index (χ3v) is 6.30. The number of likely N-dealkylation sites (N-methyl/N-ethyl adjacent to an activating group) is 1. The number of hydrogen-bond donors (Lipinski definition) is 1. The van der Waals surface area contributed by atoms with Crippen LogP contribution in [0.3, 0.4) is 0 Å². The van der Waals surface area contributed by atoms with Crippen molar-refractivity contribution in [3.8, 4) is 0 Å². The number of fused-ring (bicyclic) bond motifs is 1. The van der Waals surface area contributed by atoms with Gasteiger partial charge in [-0.15, -0.1) is 0 Å². The van der Waals surface area contributed by atoms with E-state index in [1.165, 1.54) is 12.3 Å². The highest BCUT2D eigenvalue weighted by Crippen LogP contribution is 2.41. The Balaban J connectivity index is 1.69. The molecule has 1 aromatic heterocycles. The van der Waals surface area contributed by atoms with Gasteiger partial charge in [-0.25, -0.2) is 4.79 Å². The van der Waals surface area contributed by atoms with Gasteiger partial charge in [0, 0.05) is 32.3 Å². The van der Waals surface area contributed by atoms with Gasteiger partial charge in [-0.2, -0.15) is 0 Å². The molecule has 2 atom stereocenters. The van der Waals surface area contributed by atoms with Crippen LogP contribution < -0.4 is 5.43 Å². The van der Waals surface area contributed by atoms with Gasteiger partial charge >= 0.3 is 5.97 Å². The lowest BCUT2D eigenvalue weighted by Gasteiger charge is -2.44. The largest absolute Gasteiger partial charge is 0.495 e. The fourth-order valence-electron chi connectivity index (χ4n) is 4.56. The molecule has 3 heterocycles. The lowest BCUT2D eigenvalue weighted by Crippen LogP contribution is -2.42. The number of aromatic carboxylic acids is 1. The molecule has 4 rings (SSSR count). The number of pyridine rings is 1. The molecule has 2 aliphatic heterocycles. The van der Waals surface area contributed by atoms with Crippen LogP contribution in [-0.2, 0) is 14.2 Å². The van der Waals surface area contributed by atoms with E-state index >= 15 is 0 Å². The summed E-state index contributed by atoms with van der Waals surface area (Å²) in [6.45, 7) is 9.19.